The van der Waals surface area contributed by atoms with Gasteiger partial charge >= 0.3 is 6.03 Å². The van der Waals surface area contributed by atoms with E-state index in [2.05, 4.69) is 4.98 Å². The van der Waals surface area contributed by atoms with E-state index in [-0.39, 0.29) is 13.2 Å². The van der Waals surface area contributed by atoms with E-state index < -0.39 is 6.03 Å². The lowest BCUT2D eigenvalue weighted by molar-refractivity contribution is -0.111. The van der Waals surface area contributed by atoms with Gasteiger partial charge in [-0.25, -0.2) is 14.8 Å². The van der Waals surface area contributed by atoms with E-state index in [0.29, 0.717) is 38.8 Å². The Morgan fingerprint density at radius 3 is 2.61 bits per heavy atom. The Labute approximate surface area is 162 Å². The number of hydrogen-bond donors (Lipinski definition) is 2. The molecule has 0 fully saturated rings. The summed E-state index contributed by atoms with van der Waals surface area (Å²) in [6.07, 6.45) is 0. The topological polar surface area (TPSA) is 99.3 Å². The molecule has 3 rings (SSSR count). The summed E-state index contributed by atoms with van der Waals surface area (Å²) in [7, 11) is 1.13. The van der Waals surface area contributed by atoms with Crippen LogP contribution in [-0.4, -0.2) is 38.6 Å². The van der Waals surface area contributed by atoms with Gasteiger partial charge in [-0.3, -0.25) is 10.4 Å². The molecule has 0 aliphatic carbocycles. The summed E-state index contributed by atoms with van der Waals surface area (Å²) in [6, 6.07) is 15.6. The van der Waals surface area contributed by atoms with Crippen LogP contribution in [0.4, 0.5) is 4.79 Å². The van der Waals surface area contributed by atoms with E-state index in [4.69, 9.17) is 14.4 Å². The SMILES string of the molecule is Cc1oc(-c2ccccc2)nc1COc1cccc(CN(O)C(=O)N(C)O)c1. The van der Waals surface area contributed by atoms with Crippen LogP contribution in [0, 0.1) is 6.92 Å². The Hall–Kier alpha value is -3.36. The third-order valence-electron chi connectivity index (χ3n) is 4.02. The van der Waals surface area contributed by atoms with Crippen molar-refractivity contribution in [2.75, 3.05) is 7.05 Å². The second-order valence-corrected chi connectivity index (χ2v) is 6.19. The first-order valence-electron chi connectivity index (χ1n) is 8.60. The normalized spacial score (nSPS) is 10.6. The molecule has 8 heteroatoms. The maximum absolute atomic E-state index is 11.5. The molecule has 2 aromatic carbocycles. The number of aromatic nitrogens is 1. The second-order valence-electron chi connectivity index (χ2n) is 6.19. The third-order valence-corrected chi connectivity index (χ3v) is 4.02. The number of hydrogen-bond acceptors (Lipinski definition) is 6. The van der Waals surface area contributed by atoms with E-state index in [9.17, 15) is 10.0 Å². The molecule has 0 spiro atoms. The van der Waals surface area contributed by atoms with Crippen molar-refractivity contribution in [2.45, 2.75) is 20.1 Å². The van der Waals surface area contributed by atoms with Gasteiger partial charge in [-0.1, -0.05) is 30.3 Å². The van der Waals surface area contributed by atoms with Gasteiger partial charge in [0.05, 0.1) is 6.54 Å². The highest BCUT2D eigenvalue weighted by Gasteiger charge is 2.15. The number of aryl methyl sites for hydroxylation is 1. The summed E-state index contributed by atoms with van der Waals surface area (Å²) in [6.45, 7) is 1.95. The summed E-state index contributed by atoms with van der Waals surface area (Å²) in [5.41, 5.74) is 2.21. The predicted octanol–water partition coefficient (Wildman–Crippen LogP) is 3.86. The van der Waals surface area contributed by atoms with Crippen molar-refractivity contribution in [3.8, 4) is 17.2 Å². The van der Waals surface area contributed by atoms with E-state index in [0.717, 1.165) is 12.6 Å². The molecule has 2 N–H and O–H groups in total. The number of nitrogens with zero attached hydrogens (tertiary/aromatic N) is 3. The molecule has 8 nitrogen and oxygen atoms in total. The number of rotatable bonds is 6. The van der Waals surface area contributed by atoms with E-state index >= 15 is 0 Å². The fourth-order valence-corrected chi connectivity index (χ4v) is 2.56. The van der Waals surface area contributed by atoms with Gasteiger partial charge < -0.3 is 9.15 Å². The number of urea groups is 1. The molecule has 0 unspecified atom stereocenters. The summed E-state index contributed by atoms with van der Waals surface area (Å²) >= 11 is 0. The Kier molecular flexibility index (Phi) is 5.93. The largest absolute Gasteiger partial charge is 0.487 e. The van der Waals surface area contributed by atoms with Gasteiger partial charge in [-0.05, 0) is 36.8 Å². The van der Waals surface area contributed by atoms with Crippen molar-refractivity contribution in [1.82, 2.24) is 15.1 Å². The van der Waals surface area contributed by atoms with Crippen molar-refractivity contribution in [2.24, 2.45) is 0 Å². The molecule has 0 atom stereocenters. The number of carbonyl (C=O) groups is 1. The molecular formula is C20H21N3O5. The maximum Gasteiger partial charge on any atom is 0.367 e. The highest BCUT2D eigenvalue weighted by atomic mass is 16.6. The Bertz CT molecular complexity index is 940. The van der Waals surface area contributed by atoms with Gasteiger partial charge in [0.2, 0.25) is 5.89 Å². The van der Waals surface area contributed by atoms with E-state index in [1.54, 1.807) is 24.3 Å². The highest BCUT2D eigenvalue weighted by molar-refractivity contribution is 5.71. The van der Waals surface area contributed by atoms with Crippen LogP contribution in [0.5, 0.6) is 5.75 Å². The molecule has 0 radical (unpaired) electrons. The fourth-order valence-electron chi connectivity index (χ4n) is 2.56. The zero-order chi connectivity index (χ0) is 20.1. The number of amides is 2. The molecule has 1 heterocycles. The number of benzene rings is 2. The molecular weight excluding hydrogens is 362 g/mol. The average Bonchev–Trinajstić information content (AvgIpc) is 3.07. The first kappa shape index (κ1) is 19.4. The van der Waals surface area contributed by atoms with Crippen molar-refractivity contribution >= 4 is 6.03 Å². The van der Waals surface area contributed by atoms with Crippen LogP contribution < -0.4 is 4.74 Å². The van der Waals surface area contributed by atoms with Gasteiger partial charge in [0.25, 0.3) is 0 Å². The predicted molar refractivity (Wildman–Crippen MR) is 99.7 cm³/mol. The van der Waals surface area contributed by atoms with Crippen LogP contribution in [0.25, 0.3) is 11.5 Å². The smallest absolute Gasteiger partial charge is 0.367 e. The zero-order valence-corrected chi connectivity index (χ0v) is 15.6. The number of ether oxygens (including phenoxy) is 1. The molecule has 0 saturated heterocycles. The highest BCUT2D eigenvalue weighted by Crippen LogP contribution is 2.23. The van der Waals surface area contributed by atoms with E-state index in [1.807, 2.05) is 37.3 Å². The third kappa shape index (κ3) is 4.67. The van der Waals surface area contributed by atoms with Crippen molar-refractivity contribution in [3.63, 3.8) is 0 Å². The minimum Gasteiger partial charge on any atom is -0.487 e. The minimum absolute atomic E-state index is 0.0952. The monoisotopic (exact) mass is 383 g/mol. The first-order chi connectivity index (χ1) is 13.4. The van der Waals surface area contributed by atoms with Crippen LogP contribution in [-0.2, 0) is 13.2 Å². The summed E-state index contributed by atoms with van der Waals surface area (Å²) in [5.74, 6) is 1.76. The molecule has 1 aromatic heterocycles. The van der Waals surface area contributed by atoms with Gasteiger partial charge in [0.1, 0.15) is 23.8 Å². The quantitative estimate of drug-likeness (QED) is 0.495. The van der Waals surface area contributed by atoms with Crippen LogP contribution in [0.15, 0.2) is 59.0 Å². The average molecular weight is 383 g/mol. The summed E-state index contributed by atoms with van der Waals surface area (Å²) < 4.78 is 11.5. The van der Waals surface area contributed by atoms with Gasteiger partial charge in [-0.2, -0.15) is 5.06 Å². The standard InChI is InChI=1S/C20H21N3O5/c1-14-18(21-19(28-14)16-8-4-3-5-9-16)13-27-17-10-6-7-15(11-17)12-23(26)20(24)22(2)25/h3-11,25-26H,12-13H2,1-2H3. The maximum atomic E-state index is 11.5. The Morgan fingerprint density at radius 2 is 1.89 bits per heavy atom. The summed E-state index contributed by atoms with van der Waals surface area (Å²) in [5, 5.41) is 19.5. The van der Waals surface area contributed by atoms with Crippen molar-refractivity contribution in [1.29, 1.82) is 0 Å². The van der Waals surface area contributed by atoms with Crippen LogP contribution in [0.2, 0.25) is 0 Å². The Balaban J connectivity index is 1.65. The lowest BCUT2D eigenvalue weighted by Gasteiger charge is -2.18. The van der Waals surface area contributed by atoms with Gasteiger partial charge in [0.15, 0.2) is 0 Å². The molecule has 2 amide bonds. The van der Waals surface area contributed by atoms with Gasteiger partial charge in [-0.15, -0.1) is 0 Å². The van der Waals surface area contributed by atoms with E-state index in [1.165, 1.54) is 0 Å². The lowest BCUT2D eigenvalue weighted by atomic mass is 10.2. The number of hydroxylamine groups is 4. The molecule has 28 heavy (non-hydrogen) atoms. The lowest BCUT2D eigenvalue weighted by Crippen LogP contribution is -2.36. The first-order valence-corrected chi connectivity index (χ1v) is 8.60. The molecule has 146 valence electrons. The van der Waals surface area contributed by atoms with Crippen molar-refractivity contribution in [3.05, 3.63) is 71.6 Å². The number of carbonyl (C=O) groups excluding carboxylic acids is 1. The van der Waals surface area contributed by atoms with Crippen LogP contribution in [0.3, 0.4) is 0 Å². The minimum atomic E-state index is -0.932. The Morgan fingerprint density at radius 1 is 1.14 bits per heavy atom. The fraction of sp³-hybridized carbons (Fsp3) is 0.200. The molecule has 0 bridgehead atoms. The van der Waals surface area contributed by atoms with Crippen molar-refractivity contribution < 1.29 is 24.4 Å². The number of oxazole rings is 1. The van der Waals surface area contributed by atoms with Crippen LogP contribution in [0.1, 0.15) is 17.0 Å². The molecule has 0 aliphatic heterocycles. The molecule has 3 aromatic rings. The second kappa shape index (κ2) is 8.55. The zero-order valence-electron chi connectivity index (χ0n) is 15.6. The van der Waals surface area contributed by atoms with Gasteiger partial charge in [0, 0.05) is 12.6 Å². The molecule has 0 saturated carbocycles. The van der Waals surface area contributed by atoms with Crippen LogP contribution >= 0.6 is 0 Å². The molecule has 0 aliphatic rings. The summed E-state index contributed by atoms with van der Waals surface area (Å²) in [4.78, 5) is 16.0.